The fourth-order valence-corrected chi connectivity index (χ4v) is 6.41. The molecule has 9 heteroatoms. The number of nitrogens with zero attached hydrogens (tertiary/aromatic N) is 3. The summed E-state index contributed by atoms with van der Waals surface area (Å²) in [5, 5.41) is 22.6. The lowest BCUT2D eigenvalue weighted by Gasteiger charge is -2.38. The maximum Gasteiger partial charge on any atom is 0.271 e. The van der Waals surface area contributed by atoms with E-state index in [2.05, 4.69) is 32.3 Å². The number of aromatic nitrogens is 2. The number of carbonyl (C=O) groups is 1. The Morgan fingerprint density at radius 1 is 0.894 bits per heavy atom. The predicted molar refractivity (Wildman–Crippen MR) is 178 cm³/mol. The van der Waals surface area contributed by atoms with Crippen molar-refractivity contribution in [3.05, 3.63) is 131 Å². The monoisotopic (exact) mass is 630 g/mol. The minimum atomic E-state index is -0.560. The van der Waals surface area contributed by atoms with Crippen molar-refractivity contribution in [3.63, 3.8) is 0 Å². The maximum atomic E-state index is 13.0. The molecule has 47 heavy (non-hydrogen) atoms. The molecule has 2 saturated heterocycles. The van der Waals surface area contributed by atoms with Crippen LogP contribution in [-0.4, -0.2) is 62.8 Å². The van der Waals surface area contributed by atoms with Gasteiger partial charge in [0.15, 0.2) is 6.29 Å². The quantitative estimate of drug-likeness (QED) is 0.200. The minimum Gasteiger partial charge on any atom is -0.392 e. The molecule has 2 aliphatic rings. The molecule has 2 fully saturated rings. The highest BCUT2D eigenvalue weighted by molar-refractivity contribution is 5.93. The zero-order chi connectivity index (χ0) is 32.2. The Labute approximate surface area is 273 Å². The summed E-state index contributed by atoms with van der Waals surface area (Å²) in [4.78, 5) is 24.1. The van der Waals surface area contributed by atoms with Crippen molar-refractivity contribution in [2.24, 2.45) is 0 Å². The van der Waals surface area contributed by atoms with Gasteiger partial charge in [-0.2, -0.15) is 0 Å². The van der Waals surface area contributed by atoms with Gasteiger partial charge in [-0.3, -0.25) is 14.7 Å². The first-order chi connectivity index (χ1) is 23.0. The Bertz CT molecular complexity index is 1830. The normalized spacial score (nSPS) is 21.6. The molecule has 1 amide bonds. The predicted octanol–water partition coefficient (Wildman–Crippen LogP) is 5.33. The first-order valence-electron chi connectivity index (χ1n) is 16.1. The molecule has 3 heterocycles. The summed E-state index contributed by atoms with van der Waals surface area (Å²) in [6.45, 7) is 2.57. The van der Waals surface area contributed by atoms with Crippen LogP contribution in [0.5, 0.6) is 0 Å². The Morgan fingerprint density at radius 3 is 2.40 bits per heavy atom. The van der Waals surface area contributed by atoms with Crippen molar-refractivity contribution in [2.75, 3.05) is 19.6 Å². The van der Waals surface area contributed by atoms with Gasteiger partial charge >= 0.3 is 0 Å². The molecule has 9 nitrogen and oxygen atoms in total. The number of nitrogens with one attached hydrogen (secondary N) is 1. The first-order valence-corrected chi connectivity index (χ1v) is 16.1. The molecule has 5 aromatic rings. The van der Waals surface area contributed by atoms with Gasteiger partial charge in [-0.15, -0.1) is 0 Å². The highest BCUT2D eigenvalue weighted by Gasteiger charge is 2.34. The van der Waals surface area contributed by atoms with Crippen molar-refractivity contribution < 1.29 is 24.5 Å². The van der Waals surface area contributed by atoms with E-state index in [9.17, 15) is 15.0 Å². The van der Waals surface area contributed by atoms with Crippen LogP contribution in [0.25, 0.3) is 22.2 Å². The molecule has 0 radical (unpaired) electrons. The van der Waals surface area contributed by atoms with E-state index in [1.807, 2.05) is 84.9 Å². The van der Waals surface area contributed by atoms with Crippen LogP contribution in [0.4, 0.5) is 0 Å². The van der Waals surface area contributed by atoms with Gasteiger partial charge in [0.05, 0.1) is 42.1 Å². The van der Waals surface area contributed by atoms with E-state index >= 15 is 0 Å². The Hall–Kier alpha value is -4.51. The number of hydrogen-bond acceptors (Lipinski definition) is 8. The van der Waals surface area contributed by atoms with Gasteiger partial charge in [-0.1, -0.05) is 84.9 Å². The molecular weight excluding hydrogens is 592 g/mol. The first kappa shape index (κ1) is 31.1. The number of aliphatic hydroxyl groups is 2. The standard InChI is InChI=1S/C38H38N4O5/c43-24-25-9-11-27(12-10-25)36-19-31(23-42-18-17-30(44)22-42)46-38(47-36)28-15-13-26(14-16-28)32-6-2-1-5-29(32)20-40-37(45)35-21-39-33-7-3-4-8-34(33)41-35/h1-16,21,30-31,36,38,43-44H,17-20,22-24H2,(H,40,45). The second-order valence-corrected chi connectivity index (χ2v) is 12.3. The molecule has 3 N–H and O–H groups in total. The van der Waals surface area contributed by atoms with Gasteiger partial charge in [0.1, 0.15) is 5.69 Å². The van der Waals surface area contributed by atoms with Crippen LogP contribution in [0.15, 0.2) is 103 Å². The average molecular weight is 631 g/mol. The van der Waals surface area contributed by atoms with E-state index in [-0.39, 0.29) is 36.5 Å². The lowest BCUT2D eigenvalue weighted by molar-refractivity contribution is -0.252. The summed E-state index contributed by atoms with van der Waals surface area (Å²) in [7, 11) is 0. The van der Waals surface area contributed by atoms with Crippen molar-refractivity contribution >= 4 is 16.9 Å². The smallest absolute Gasteiger partial charge is 0.271 e. The largest absolute Gasteiger partial charge is 0.392 e. The summed E-state index contributed by atoms with van der Waals surface area (Å²) in [5.41, 5.74) is 7.53. The van der Waals surface area contributed by atoms with Crippen molar-refractivity contribution in [3.8, 4) is 11.1 Å². The molecule has 4 unspecified atom stereocenters. The van der Waals surface area contributed by atoms with Crippen LogP contribution in [-0.2, 0) is 22.6 Å². The van der Waals surface area contributed by atoms with Crippen LogP contribution in [0.1, 0.15) is 58.0 Å². The molecule has 7 rings (SSSR count). The number of rotatable bonds is 9. The molecule has 4 atom stereocenters. The second kappa shape index (κ2) is 14.1. The number of β-amino-alcohol motifs (C(OH)–C–C–N with tert-alkyl or cyclic N) is 1. The molecule has 0 bridgehead atoms. The molecule has 1 aromatic heterocycles. The second-order valence-electron chi connectivity index (χ2n) is 12.3. The third-order valence-corrected chi connectivity index (χ3v) is 8.96. The number of carbonyl (C=O) groups excluding carboxylic acids is 1. The van der Waals surface area contributed by atoms with E-state index in [0.717, 1.165) is 58.4 Å². The van der Waals surface area contributed by atoms with E-state index in [1.165, 1.54) is 6.20 Å². The molecule has 0 aliphatic carbocycles. The molecule has 0 saturated carbocycles. The van der Waals surface area contributed by atoms with Gasteiger partial charge in [0.25, 0.3) is 5.91 Å². The van der Waals surface area contributed by atoms with Gasteiger partial charge in [0, 0.05) is 38.2 Å². The number of para-hydroxylation sites is 2. The van der Waals surface area contributed by atoms with Crippen LogP contribution in [0.3, 0.4) is 0 Å². The van der Waals surface area contributed by atoms with Crippen molar-refractivity contribution in [1.29, 1.82) is 0 Å². The third kappa shape index (κ3) is 7.25. The highest BCUT2D eigenvalue weighted by atomic mass is 16.7. The molecule has 0 spiro atoms. The van der Waals surface area contributed by atoms with Crippen molar-refractivity contribution in [1.82, 2.24) is 20.2 Å². The van der Waals surface area contributed by atoms with Gasteiger partial charge in [0.2, 0.25) is 0 Å². The number of aliphatic hydroxyl groups excluding tert-OH is 2. The summed E-state index contributed by atoms with van der Waals surface area (Å²) >= 11 is 0. The number of ether oxygens (including phenoxy) is 2. The van der Waals surface area contributed by atoms with Crippen LogP contribution >= 0.6 is 0 Å². The van der Waals surface area contributed by atoms with Crippen LogP contribution < -0.4 is 5.32 Å². The van der Waals surface area contributed by atoms with E-state index < -0.39 is 6.29 Å². The SMILES string of the molecule is O=C(NCc1ccccc1-c1ccc(C2OC(CN3CCC(O)C3)CC(c3ccc(CO)cc3)O2)cc1)c1cnc2ccccc2n1. The number of benzene rings is 4. The fourth-order valence-electron chi connectivity index (χ4n) is 6.41. The van der Waals surface area contributed by atoms with E-state index in [1.54, 1.807) is 0 Å². The third-order valence-electron chi connectivity index (χ3n) is 8.96. The van der Waals surface area contributed by atoms with Crippen LogP contribution in [0, 0.1) is 0 Å². The van der Waals surface area contributed by atoms with Crippen LogP contribution in [0.2, 0.25) is 0 Å². The molecule has 240 valence electrons. The number of fused-ring (bicyclic) bond motifs is 1. The Balaban J connectivity index is 1.07. The zero-order valence-electron chi connectivity index (χ0n) is 26.0. The van der Waals surface area contributed by atoms with Gasteiger partial charge < -0.3 is 25.0 Å². The number of hydrogen-bond donors (Lipinski definition) is 3. The molecule has 4 aromatic carbocycles. The summed E-state index contributed by atoms with van der Waals surface area (Å²) in [5.74, 6) is -0.279. The van der Waals surface area contributed by atoms with Crippen molar-refractivity contribution in [2.45, 2.75) is 50.6 Å². The van der Waals surface area contributed by atoms with Gasteiger partial charge in [-0.25, -0.2) is 4.98 Å². The lowest BCUT2D eigenvalue weighted by Crippen LogP contribution is -2.38. The maximum absolute atomic E-state index is 13.0. The summed E-state index contributed by atoms with van der Waals surface area (Å²) < 4.78 is 13.1. The Morgan fingerprint density at radius 2 is 1.64 bits per heavy atom. The Kier molecular flexibility index (Phi) is 9.32. The lowest BCUT2D eigenvalue weighted by atomic mass is 9.97. The van der Waals surface area contributed by atoms with E-state index in [4.69, 9.17) is 9.47 Å². The summed E-state index contributed by atoms with van der Waals surface area (Å²) in [6.07, 6.45) is 1.89. The van der Waals surface area contributed by atoms with Gasteiger partial charge in [-0.05, 0) is 46.4 Å². The summed E-state index contributed by atoms with van der Waals surface area (Å²) in [6, 6.07) is 31.6. The minimum absolute atomic E-state index is 0.00155. The topological polar surface area (TPSA) is 117 Å². The number of amides is 1. The number of likely N-dealkylation sites (tertiary alicyclic amines) is 1. The molecular formula is C38H38N4O5. The fraction of sp³-hybridized carbons (Fsp3) is 0.289. The average Bonchev–Trinajstić information content (AvgIpc) is 3.54. The molecule has 2 aliphatic heterocycles. The highest BCUT2D eigenvalue weighted by Crippen LogP contribution is 2.39. The van der Waals surface area contributed by atoms with E-state index in [0.29, 0.717) is 25.0 Å². The zero-order valence-corrected chi connectivity index (χ0v) is 26.0.